The van der Waals surface area contributed by atoms with E-state index in [9.17, 15) is 4.79 Å². The predicted octanol–water partition coefficient (Wildman–Crippen LogP) is 2.89. The van der Waals surface area contributed by atoms with Gasteiger partial charge in [-0.3, -0.25) is 9.78 Å². The monoisotopic (exact) mass is 348 g/mol. The molecule has 1 aromatic carbocycles. The fourth-order valence-corrected chi connectivity index (χ4v) is 2.40. The zero-order valence-corrected chi connectivity index (χ0v) is 14.8. The average molecular weight is 348 g/mol. The number of benzene rings is 1. The van der Waals surface area contributed by atoms with Crippen LogP contribution < -0.4 is 10.2 Å². The Kier molecular flexibility index (Phi) is 5.48. The van der Waals surface area contributed by atoms with E-state index in [0.29, 0.717) is 17.3 Å². The lowest BCUT2D eigenvalue weighted by atomic mass is 10.1. The van der Waals surface area contributed by atoms with Crippen molar-refractivity contribution in [3.63, 3.8) is 0 Å². The Morgan fingerprint density at radius 2 is 1.85 bits per heavy atom. The fraction of sp³-hybridized carbons (Fsp3) is 0.211. The quantitative estimate of drug-likeness (QED) is 0.657. The number of nitrogens with one attached hydrogen (secondary N) is 1. The van der Waals surface area contributed by atoms with Gasteiger partial charge in [0.05, 0.1) is 6.20 Å². The number of Topliss-reactive ketones (excluding diaryl/α,β-unsaturated/α-hetero) is 1. The van der Waals surface area contributed by atoms with Crippen LogP contribution in [0.5, 0.6) is 0 Å². The molecule has 2 aromatic heterocycles. The summed E-state index contributed by atoms with van der Waals surface area (Å²) in [7, 11) is 1.93. The Labute approximate surface area is 152 Å². The number of pyridine rings is 1. The summed E-state index contributed by atoms with van der Waals surface area (Å²) in [5.74, 6) is 1.18. The number of rotatable bonds is 7. The summed E-state index contributed by atoms with van der Waals surface area (Å²) in [6.45, 7) is 2.31. The summed E-state index contributed by atoms with van der Waals surface area (Å²) in [5, 5.41) is 11.3. The Bertz CT molecular complexity index is 867. The standard InChI is InChI=1S/C19H20N6O/c1-14(26)16-3-5-17(6-4-16)22-18-13-21-24-19(23-18)25(2)12-9-15-7-10-20-11-8-15/h3-8,10-11,13H,9,12H2,1-2H3,(H,22,23,24). The van der Waals surface area contributed by atoms with E-state index in [4.69, 9.17) is 0 Å². The highest BCUT2D eigenvalue weighted by atomic mass is 16.1. The number of hydrogen-bond acceptors (Lipinski definition) is 7. The predicted molar refractivity (Wildman–Crippen MR) is 101 cm³/mol. The Morgan fingerprint density at radius 3 is 2.54 bits per heavy atom. The van der Waals surface area contributed by atoms with Crippen LogP contribution in [0.15, 0.2) is 55.0 Å². The van der Waals surface area contributed by atoms with Crippen LogP contribution in [0, 0.1) is 0 Å². The molecule has 0 aliphatic heterocycles. The van der Waals surface area contributed by atoms with Crippen LogP contribution in [0.1, 0.15) is 22.8 Å². The van der Waals surface area contributed by atoms with Crippen LogP contribution in [0.25, 0.3) is 0 Å². The van der Waals surface area contributed by atoms with Crippen molar-refractivity contribution in [1.29, 1.82) is 0 Å². The molecule has 0 spiro atoms. The van der Waals surface area contributed by atoms with Crippen molar-refractivity contribution in [3.8, 4) is 0 Å². The van der Waals surface area contributed by atoms with Crippen molar-refractivity contribution in [1.82, 2.24) is 20.2 Å². The summed E-state index contributed by atoms with van der Waals surface area (Å²) in [4.78, 5) is 21.8. The summed E-state index contributed by atoms with van der Waals surface area (Å²) >= 11 is 0. The van der Waals surface area contributed by atoms with Gasteiger partial charge in [0.2, 0.25) is 5.95 Å². The van der Waals surface area contributed by atoms with Crippen LogP contribution in [-0.2, 0) is 6.42 Å². The first-order chi connectivity index (χ1) is 12.6. The van der Waals surface area contributed by atoms with Gasteiger partial charge in [-0.15, -0.1) is 5.10 Å². The molecule has 2 heterocycles. The van der Waals surface area contributed by atoms with Crippen molar-refractivity contribution < 1.29 is 4.79 Å². The first-order valence-corrected chi connectivity index (χ1v) is 8.29. The largest absolute Gasteiger partial charge is 0.342 e. The molecule has 0 bridgehead atoms. The molecule has 1 N–H and O–H groups in total. The molecule has 132 valence electrons. The van der Waals surface area contributed by atoms with Gasteiger partial charge in [-0.05, 0) is 55.3 Å². The zero-order valence-electron chi connectivity index (χ0n) is 14.8. The van der Waals surface area contributed by atoms with Crippen LogP contribution in [0.4, 0.5) is 17.5 Å². The first-order valence-electron chi connectivity index (χ1n) is 8.29. The molecule has 3 rings (SSSR count). The van der Waals surface area contributed by atoms with Gasteiger partial charge in [0, 0.05) is 37.2 Å². The van der Waals surface area contributed by atoms with E-state index < -0.39 is 0 Å². The molecule has 0 amide bonds. The van der Waals surface area contributed by atoms with E-state index in [-0.39, 0.29) is 5.78 Å². The van der Waals surface area contributed by atoms with E-state index in [1.165, 1.54) is 5.56 Å². The Balaban J connectivity index is 1.64. The highest BCUT2D eigenvalue weighted by Gasteiger charge is 2.07. The van der Waals surface area contributed by atoms with E-state index in [1.54, 1.807) is 37.6 Å². The van der Waals surface area contributed by atoms with Crippen LogP contribution in [-0.4, -0.2) is 39.5 Å². The topological polar surface area (TPSA) is 83.9 Å². The highest BCUT2D eigenvalue weighted by molar-refractivity contribution is 5.94. The molecule has 0 radical (unpaired) electrons. The van der Waals surface area contributed by atoms with Crippen molar-refractivity contribution >= 4 is 23.2 Å². The summed E-state index contributed by atoms with van der Waals surface area (Å²) in [6, 6.07) is 11.2. The van der Waals surface area contributed by atoms with Crippen molar-refractivity contribution in [2.75, 3.05) is 23.8 Å². The maximum atomic E-state index is 11.3. The number of carbonyl (C=O) groups is 1. The number of hydrogen-bond donors (Lipinski definition) is 1. The van der Waals surface area contributed by atoms with Gasteiger partial charge in [-0.25, -0.2) is 0 Å². The van der Waals surface area contributed by atoms with Gasteiger partial charge in [-0.2, -0.15) is 10.1 Å². The lowest BCUT2D eigenvalue weighted by Gasteiger charge is -2.17. The summed E-state index contributed by atoms with van der Waals surface area (Å²) < 4.78 is 0. The molecule has 0 saturated carbocycles. The minimum atomic E-state index is 0.0401. The molecule has 0 fully saturated rings. The van der Waals surface area contributed by atoms with Gasteiger partial charge in [0.15, 0.2) is 11.6 Å². The van der Waals surface area contributed by atoms with Gasteiger partial charge in [0.25, 0.3) is 0 Å². The molecular formula is C19H20N6O. The SMILES string of the molecule is CC(=O)c1ccc(Nc2cnnc(N(C)CCc3ccncc3)n2)cc1. The highest BCUT2D eigenvalue weighted by Crippen LogP contribution is 2.16. The molecule has 0 aliphatic carbocycles. The van der Waals surface area contributed by atoms with Gasteiger partial charge < -0.3 is 10.2 Å². The number of aromatic nitrogens is 4. The molecule has 0 saturated heterocycles. The minimum Gasteiger partial charge on any atom is -0.342 e. The number of anilines is 3. The van der Waals surface area contributed by atoms with E-state index in [0.717, 1.165) is 18.7 Å². The zero-order chi connectivity index (χ0) is 18.4. The number of ketones is 1. The molecule has 26 heavy (non-hydrogen) atoms. The lowest BCUT2D eigenvalue weighted by Crippen LogP contribution is -2.23. The van der Waals surface area contributed by atoms with Crippen molar-refractivity contribution in [2.45, 2.75) is 13.3 Å². The normalized spacial score (nSPS) is 10.4. The lowest BCUT2D eigenvalue weighted by molar-refractivity contribution is 0.101. The van der Waals surface area contributed by atoms with E-state index >= 15 is 0 Å². The second-order valence-electron chi connectivity index (χ2n) is 5.93. The third-order valence-electron chi connectivity index (χ3n) is 3.94. The van der Waals surface area contributed by atoms with Crippen LogP contribution >= 0.6 is 0 Å². The van der Waals surface area contributed by atoms with Gasteiger partial charge >= 0.3 is 0 Å². The van der Waals surface area contributed by atoms with Crippen molar-refractivity contribution in [3.05, 3.63) is 66.1 Å². The molecule has 3 aromatic rings. The Morgan fingerprint density at radius 1 is 1.12 bits per heavy atom. The maximum Gasteiger partial charge on any atom is 0.247 e. The summed E-state index contributed by atoms with van der Waals surface area (Å²) in [5.41, 5.74) is 2.72. The minimum absolute atomic E-state index is 0.0401. The van der Waals surface area contributed by atoms with Crippen molar-refractivity contribution in [2.24, 2.45) is 0 Å². The smallest absolute Gasteiger partial charge is 0.247 e. The second-order valence-corrected chi connectivity index (χ2v) is 5.93. The molecule has 0 aliphatic rings. The van der Waals surface area contributed by atoms with Gasteiger partial charge in [0.1, 0.15) is 0 Å². The van der Waals surface area contributed by atoms with Gasteiger partial charge in [-0.1, -0.05) is 0 Å². The molecule has 0 atom stereocenters. The third-order valence-corrected chi connectivity index (χ3v) is 3.94. The van der Waals surface area contributed by atoms with E-state index in [1.807, 2.05) is 36.2 Å². The Hall–Kier alpha value is -3.35. The first kappa shape index (κ1) is 17.5. The van der Waals surface area contributed by atoms with Crippen LogP contribution in [0.2, 0.25) is 0 Å². The molecular weight excluding hydrogens is 328 g/mol. The van der Waals surface area contributed by atoms with Crippen LogP contribution in [0.3, 0.4) is 0 Å². The second kappa shape index (κ2) is 8.15. The number of nitrogens with zero attached hydrogens (tertiary/aromatic N) is 5. The molecule has 0 unspecified atom stereocenters. The summed E-state index contributed by atoms with van der Waals surface area (Å²) in [6.07, 6.45) is 6.01. The fourth-order valence-electron chi connectivity index (χ4n) is 2.40. The molecule has 7 nitrogen and oxygen atoms in total. The average Bonchev–Trinajstić information content (AvgIpc) is 2.67. The molecule has 7 heteroatoms. The number of likely N-dealkylation sites (N-methyl/N-ethyl adjacent to an activating group) is 1. The third kappa shape index (κ3) is 4.60. The maximum absolute atomic E-state index is 11.3. The number of carbonyl (C=O) groups excluding carboxylic acids is 1. The van der Waals surface area contributed by atoms with E-state index in [2.05, 4.69) is 25.5 Å².